The minimum Gasteiger partial charge on any atom is -0.478 e. The molecular formula is C8H14ClNO2. The van der Waals surface area contributed by atoms with E-state index < -0.39 is 5.97 Å². The summed E-state index contributed by atoms with van der Waals surface area (Å²) < 4.78 is 0. The molecule has 0 spiro atoms. The van der Waals surface area contributed by atoms with E-state index in [2.05, 4.69) is 5.32 Å². The lowest BCUT2D eigenvalue weighted by Crippen LogP contribution is -2.30. The highest BCUT2D eigenvalue weighted by Gasteiger charge is 2.13. The first-order valence-electron chi connectivity index (χ1n) is 3.84. The smallest absolute Gasteiger partial charge is 0.328 e. The molecule has 0 aromatic carbocycles. The average Bonchev–Trinajstić information content (AvgIpc) is 1.93. The van der Waals surface area contributed by atoms with Crippen molar-refractivity contribution in [2.75, 3.05) is 13.1 Å². The molecule has 12 heavy (non-hydrogen) atoms. The van der Waals surface area contributed by atoms with Gasteiger partial charge < -0.3 is 10.4 Å². The summed E-state index contributed by atoms with van der Waals surface area (Å²) in [5.74, 6) is -0.450. The number of carboxylic acids is 1. The number of carboxylic acid groups (broad SMARTS) is 1. The number of hydrogen-bond acceptors (Lipinski definition) is 2. The molecule has 0 amide bonds. The molecule has 0 aromatic heterocycles. The largest absolute Gasteiger partial charge is 0.478 e. The summed E-state index contributed by atoms with van der Waals surface area (Å²) >= 11 is 0. The topological polar surface area (TPSA) is 49.3 Å². The molecule has 1 rings (SSSR count). The van der Waals surface area contributed by atoms with E-state index in [1.807, 2.05) is 6.92 Å². The van der Waals surface area contributed by atoms with Crippen LogP contribution in [0.2, 0.25) is 0 Å². The maximum Gasteiger partial charge on any atom is 0.328 e. The van der Waals surface area contributed by atoms with Crippen LogP contribution in [0.15, 0.2) is 11.6 Å². The average molecular weight is 192 g/mol. The van der Waals surface area contributed by atoms with Gasteiger partial charge >= 0.3 is 5.97 Å². The summed E-state index contributed by atoms with van der Waals surface area (Å²) in [6.45, 7) is 3.85. The summed E-state index contributed by atoms with van der Waals surface area (Å²) in [6, 6.07) is 0. The SMILES string of the molecule is CC1CNCCC1=CC(=O)O.Cl. The molecule has 0 radical (unpaired) electrons. The minimum atomic E-state index is -0.825. The van der Waals surface area contributed by atoms with Gasteiger partial charge in [0.15, 0.2) is 0 Å². The molecule has 1 atom stereocenters. The van der Waals surface area contributed by atoms with Crippen LogP contribution >= 0.6 is 12.4 Å². The van der Waals surface area contributed by atoms with Crippen LogP contribution in [-0.4, -0.2) is 24.2 Å². The van der Waals surface area contributed by atoms with Crippen molar-refractivity contribution in [3.05, 3.63) is 11.6 Å². The lowest BCUT2D eigenvalue weighted by Gasteiger charge is -2.21. The normalized spacial score (nSPS) is 26.4. The predicted octanol–water partition coefficient (Wildman–Crippen LogP) is 1.05. The lowest BCUT2D eigenvalue weighted by atomic mass is 9.94. The van der Waals surface area contributed by atoms with Crippen LogP contribution in [0.4, 0.5) is 0 Å². The van der Waals surface area contributed by atoms with E-state index in [0.29, 0.717) is 5.92 Å². The number of aliphatic carboxylic acids is 1. The summed E-state index contributed by atoms with van der Waals surface area (Å²) in [5, 5.41) is 11.7. The van der Waals surface area contributed by atoms with Crippen LogP contribution in [0.3, 0.4) is 0 Å². The van der Waals surface area contributed by atoms with E-state index in [-0.39, 0.29) is 12.4 Å². The number of rotatable bonds is 1. The van der Waals surface area contributed by atoms with Crippen molar-refractivity contribution in [1.82, 2.24) is 5.32 Å². The molecule has 1 aliphatic rings. The number of carbonyl (C=O) groups is 1. The Kier molecular flexibility index (Phi) is 4.93. The molecule has 4 heteroatoms. The van der Waals surface area contributed by atoms with Crippen LogP contribution in [0.1, 0.15) is 13.3 Å². The number of nitrogens with one attached hydrogen (secondary N) is 1. The van der Waals surface area contributed by atoms with E-state index in [1.165, 1.54) is 6.08 Å². The van der Waals surface area contributed by atoms with Gasteiger partial charge in [0.05, 0.1) is 0 Å². The van der Waals surface area contributed by atoms with Gasteiger partial charge in [0.2, 0.25) is 0 Å². The number of halogens is 1. The van der Waals surface area contributed by atoms with Gasteiger partial charge in [0.25, 0.3) is 0 Å². The van der Waals surface area contributed by atoms with Crippen LogP contribution in [0.25, 0.3) is 0 Å². The molecule has 0 aliphatic carbocycles. The minimum absolute atomic E-state index is 0. The van der Waals surface area contributed by atoms with Crippen LogP contribution in [0, 0.1) is 5.92 Å². The monoisotopic (exact) mass is 191 g/mol. The molecule has 1 heterocycles. The standard InChI is InChI=1S/C8H13NO2.ClH/c1-6-5-9-3-2-7(6)4-8(10)11;/h4,6,9H,2-3,5H2,1H3,(H,10,11);1H. The molecule has 1 fully saturated rings. The zero-order valence-electron chi connectivity index (χ0n) is 7.04. The fourth-order valence-corrected chi connectivity index (χ4v) is 1.30. The van der Waals surface area contributed by atoms with E-state index in [0.717, 1.165) is 25.1 Å². The Balaban J connectivity index is 0.00000121. The van der Waals surface area contributed by atoms with Crippen molar-refractivity contribution in [2.45, 2.75) is 13.3 Å². The van der Waals surface area contributed by atoms with Crippen LogP contribution in [0.5, 0.6) is 0 Å². The second-order valence-electron chi connectivity index (χ2n) is 2.91. The van der Waals surface area contributed by atoms with Crippen molar-refractivity contribution < 1.29 is 9.90 Å². The summed E-state index contributed by atoms with van der Waals surface area (Å²) in [4.78, 5) is 10.3. The third-order valence-corrected chi connectivity index (χ3v) is 1.98. The second kappa shape index (κ2) is 5.17. The molecule has 3 nitrogen and oxygen atoms in total. The first-order chi connectivity index (χ1) is 5.20. The van der Waals surface area contributed by atoms with Crippen molar-refractivity contribution in [3.8, 4) is 0 Å². The van der Waals surface area contributed by atoms with Gasteiger partial charge in [-0.2, -0.15) is 0 Å². The molecule has 0 aromatic rings. The van der Waals surface area contributed by atoms with Crippen molar-refractivity contribution >= 4 is 18.4 Å². The fourth-order valence-electron chi connectivity index (χ4n) is 1.30. The first-order valence-corrected chi connectivity index (χ1v) is 3.84. The Hall–Kier alpha value is -0.540. The van der Waals surface area contributed by atoms with E-state index in [4.69, 9.17) is 5.11 Å². The number of piperidine rings is 1. The third kappa shape index (κ3) is 3.24. The third-order valence-electron chi connectivity index (χ3n) is 1.98. The maximum absolute atomic E-state index is 10.3. The molecule has 70 valence electrons. The van der Waals surface area contributed by atoms with Crippen molar-refractivity contribution in [2.24, 2.45) is 5.92 Å². The molecule has 0 bridgehead atoms. The van der Waals surface area contributed by atoms with E-state index in [9.17, 15) is 4.79 Å². The zero-order valence-corrected chi connectivity index (χ0v) is 7.86. The highest BCUT2D eigenvalue weighted by atomic mass is 35.5. The highest BCUT2D eigenvalue weighted by Crippen LogP contribution is 2.16. The van der Waals surface area contributed by atoms with Gasteiger partial charge in [-0.15, -0.1) is 12.4 Å². The molecule has 1 saturated heterocycles. The van der Waals surface area contributed by atoms with Gasteiger partial charge in [-0.25, -0.2) is 4.79 Å². The lowest BCUT2D eigenvalue weighted by molar-refractivity contribution is -0.131. The van der Waals surface area contributed by atoms with E-state index in [1.54, 1.807) is 0 Å². The Bertz CT molecular complexity index is 191. The quantitative estimate of drug-likeness (QED) is 0.610. The van der Waals surface area contributed by atoms with Gasteiger partial charge in [-0.05, 0) is 18.9 Å². The molecule has 0 saturated carbocycles. The Morgan fingerprint density at radius 3 is 2.92 bits per heavy atom. The van der Waals surface area contributed by atoms with Gasteiger partial charge in [0.1, 0.15) is 0 Å². The van der Waals surface area contributed by atoms with Crippen LogP contribution < -0.4 is 5.32 Å². The second-order valence-corrected chi connectivity index (χ2v) is 2.91. The Morgan fingerprint density at radius 1 is 1.75 bits per heavy atom. The highest BCUT2D eigenvalue weighted by molar-refractivity contribution is 5.85. The molecule has 1 aliphatic heterocycles. The predicted molar refractivity (Wildman–Crippen MR) is 49.6 cm³/mol. The van der Waals surface area contributed by atoms with Gasteiger partial charge in [-0.3, -0.25) is 0 Å². The zero-order chi connectivity index (χ0) is 8.27. The van der Waals surface area contributed by atoms with E-state index >= 15 is 0 Å². The number of hydrogen-bond donors (Lipinski definition) is 2. The maximum atomic E-state index is 10.3. The van der Waals surface area contributed by atoms with Gasteiger partial charge in [0, 0.05) is 12.6 Å². The van der Waals surface area contributed by atoms with Crippen LogP contribution in [-0.2, 0) is 4.79 Å². The first kappa shape index (κ1) is 11.5. The fraction of sp³-hybridized carbons (Fsp3) is 0.625. The van der Waals surface area contributed by atoms with Crippen molar-refractivity contribution in [1.29, 1.82) is 0 Å². The summed E-state index contributed by atoms with van der Waals surface area (Å²) in [5.41, 5.74) is 1.05. The summed E-state index contributed by atoms with van der Waals surface area (Å²) in [7, 11) is 0. The summed E-state index contributed by atoms with van der Waals surface area (Å²) in [6.07, 6.45) is 2.21. The molecule has 2 N–H and O–H groups in total. The molecular weight excluding hydrogens is 178 g/mol. The Morgan fingerprint density at radius 2 is 2.42 bits per heavy atom. The Labute approximate surface area is 78.3 Å². The molecule has 1 unspecified atom stereocenters. The van der Waals surface area contributed by atoms with Gasteiger partial charge in [-0.1, -0.05) is 12.5 Å². The van der Waals surface area contributed by atoms with Crippen molar-refractivity contribution in [3.63, 3.8) is 0 Å².